The number of hydrogen-bond acceptors (Lipinski definition) is 3. The first kappa shape index (κ1) is 15.9. The fraction of sp³-hybridized carbons (Fsp3) is 0.133. The summed E-state index contributed by atoms with van der Waals surface area (Å²) in [7, 11) is 1.60. The van der Waals surface area contributed by atoms with Crippen LogP contribution in [0.5, 0.6) is 11.5 Å². The minimum Gasteiger partial charge on any atom is -0.496 e. The molecule has 0 fully saturated rings. The first-order valence-electron chi connectivity index (χ1n) is 5.99. The lowest BCUT2D eigenvalue weighted by Crippen LogP contribution is -2.00. The van der Waals surface area contributed by atoms with Crippen LogP contribution in [-0.2, 0) is 6.61 Å². The number of aromatic carboxylic acids is 1. The van der Waals surface area contributed by atoms with E-state index in [9.17, 15) is 4.79 Å². The molecule has 0 aliphatic rings. The first-order valence-corrected chi connectivity index (χ1v) is 7.58. The van der Waals surface area contributed by atoms with Crippen molar-refractivity contribution in [2.24, 2.45) is 0 Å². The summed E-state index contributed by atoms with van der Waals surface area (Å²) in [5.41, 5.74) is 1.12. The zero-order chi connectivity index (χ0) is 15.4. The van der Waals surface area contributed by atoms with E-state index in [1.807, 2.05) is 18.2 Å². The molecule has 0 radical (unpaired) electrons. The molecule has 0 amide bonds. The third-order valence-electron chi connectivity index (χ3n) is 2.79. The monoisotopic (exact) mass is 414 g/mol. The van der Waals surface area contributed by atoms with Crippen LogP contribution in [0.25, 0.3) is 0 Å². The Balaban J connectivity index is 2.14. The fourth-order valence-corrected chi connectivity index (χ4v) is 2.66. The molecule has 1 N–H and O–H groups in total. The van der Waals surface area contributed by atoms with Crippen molar-refractivity contribution in [3.8, 4) is 11.5 Å². The van der Waals surface area contributed by atoms with Gasteiger partial charge in [-0.3, -0.25) is 0 Å². The molecule has 4 nitrogen and oxygen atoms in total. The number of ether oxygens (including phenoxy) is 2. The maximum atomic E-state index is 11.0. The van der Waals surface area contributed by atoms with Gasteiger partial charge in [0.1, 0.15) is 18.1 Å². The second kappa shape index (κ2) is 6.95. The van der Waals surface area contributed by atoms with E-state index in [4.69, 9.17) is 14.6 Å². The second-order valence-corrected chi connectivity index (χ2v) is 5.92. The van der Waals surface area contributed by atoms with E-state index in [1.165, 1.54) is 12.1 Å². The number of benzene rings is 2. The Morgan fingerprint density at radius 1 is 1.10 bits per heavy atom. The third kappa shape index (κ3) is 3.98. The van der Waals surface area contributed by atoms with Crippen LogP contribution >= 0.6 is 31.9 Å². The molecule has 0 bridgehead atoms. The molecule has 0 aliphatic heterocycles. The van der Waals surface area contributed by atoms with E-state index in [-0.39, 0.29) is 5.56 Å². The molecule has 0 aliphatic carbocycles. The number of halogens is 2. The average Bonchev–Trinajstić information content (AvgIpc) is 2.46. The molecule has 2 rings (SSSR count). The quantitative estimate of drug-likeness (QED) is 0.781. The third-order valence-corrected chi connectivity index (χ3v) is 4.06. The highest BCUT2D eigenvalue weighted by atomic mass is 79.9. The molecule has 2 aromatic rings. The van der Waals surface area contributed by atoms with Crippen LogP contribution in [-0.4, -0.2) is 18.2 Å². The van der Waals surface area contributed by atoms with Gasteiger partial charge in [0.05, 0.1) is 21.6 Å². The standard InChI is InChI=1S/C15H12Br2O4/c1-20-13-5-2-9(6-12(13)17)8-21-14-7-10(15(18)19)3-4-11(14)16/h2-7H,8H2,1H3,(H,18,19). The van der Waals surface area contributed by atoms with Crippen molar-refractivity contribution in [1.29, 1.82) is 0 Å². The predicted molar refractivity (Wildman–Crippen MR) is 86.1 cm³/mol. The van der Waals surface area contributed by atoms with Crippen LogP contribution in [0.1, 0.15) is 15.9 Å². The van der Waals surface area contributed by atoms with E-state index in [1.54, 1.807) is 13.2 Å². The molecule has 21 heavy (non-hydrogen) atoms. The smallest absolute Gasteiger partial charge is 0.335 e. The van der Waals surface area contributed by atoms with Gasteiger partial charge in [-0.25, -0.2) is 4.79 Å². The van der Waals surface area contributed by atoms with Gasteiger partial charge < -0.3 is 14.6 Å². The van der Waals surface area contributed by atoms with Crippen molar-refractivity contribution in [1.82, 2.24) is 0 Å². The van der Waals surface area contributed by atoms with Crippen LogP contribution in [0.15, 0.2) is 45.3 Å². The number of carboxylic acid groups (broad SMARTS) is 1. The molecular weight excluding hydrogens is 404 g/mol. The molecule has 0 saturated heterocycles. The summed E-state index contributed by atoms with van der Waals surface area (Å²) in [6.45, 7) is 0.324. The minimum absolute atomic E-state index is 0.184. The lowest BCUT2D eigenvalue weighted by atomic mass is 10.2. The number of carbonyl (C=O) groups is 1. The van der Waals surface area contributed by atoms with Crippen LogP contribution in [0.3, 0.4) is 0 Å². The summed E-state index contributed by atoms with van der Waals surface area (Å²) in [5, 5.41) is 8.99. The van der Waals surface area contributed by atoms with E-state index in [2.05, 4.69) is 31.9 Å². The van der Waals surface area contributed by atoms with Crippen molar-refractivity contribution in [3.63, 3.8) is 0 Å². The number of methoxy groups -OCH3 is 1. The molecule has 0 aromatic heterocycles. The van der Waals surface area contributed by atoms with E-state index in [0.717, 1.165) is 15.8 Å². The van der Waals surface area contributed by atoms with Crippen molar-refractivity contribution in [2.45, 2.75) is 6.61 Å². The van der Waals surface area contributed by atoms with Gasteiger partial charge >= 0.3 is 5.97 Å². The normalized spacial score (nSPS) is 10.2. The molecule has 0 atom stereocenters. The molecule has 0 unspecified atom stereocenters. The number of carboxylic acids is 1. The number of hydrogen-bond donors (Lipinski definition) is 1. The SMILES string of the molecule is COc1ccc(COc2cc(C(=O)O)ccc2Br)cc1Br. The maximum absolute atomic E-state index is 11.0. The highest BCUT2D eigenvalue weighted by molar-refractivity contribution is 9.10. The fourth-order valence-electron chi connectivity index (χ4n) is 1.71. The van der Waals surface area contributed by atoms with Gasteiger partial charge in [-0.15, -0.1) is 0 Å². The Labute approximate surface area is 139 Å². The maximum Gasteiger partial charge on any atom is 0.335 e. The lowest BCUT2D eigenvalue weighted by molar-refractivity contribution is 0.0696. The van der Waals surface area contributed by atoms with Crippen molar-refractivity contribution < 1.29 is 19.4 Å². The summed E-state index contributed by atoms with van der Waals surface area (Å²) < 4.78 is 12.4. The molecule has 0 heterocycles. The van der Waals surface area contributed by atoms with Crippen LogP contribution in [0, 0.1) is 0 Å². The van der Waals surface area contributed by atoms with Crippen molar-refractivity contribution >= 4 is 37.8 Å². The summed E-state index contributed by atoms with van der Waals surface area (Å²) in [6, 6.07) is 10.3. The molecular formula is C15H12Br2O4. The lowest BCUT2D eigenvalue weighted by Gasteiger charge is -2.10. The summed E-state index contributed by atoms with van der Waals surface area (Å²) in [4.78, 5) is 11.0. The van der Waals surface area contributed by atoms with Gasteiger partial charge in [0.15, 0.2) is 0 Å². The molecule has 6 heteroatoms. The zero-order valence-electron chi connectivity index (χ0n) is 11.1. The van der Waals surface area contributed by atoms with Gasteiger partial charge in [0.2, 0.25) is 0 Å². The highest BCUT2D eigenvalue weighted by Gasteiger charge is 2.09. The molecule has 0 saturated carbocycles. The van der Waals surface area contributed by atoms with Crippen molar-refractivity contribution in [3.05, 3.63) is 56.5 Å². The summed E-state index contributed by atoms with van der Waals surface area (Å²) >= 11 is 6.75. The molecule has 2 aromatic carbocycles. The Morgan fingerprint density at radius 3 is 2.48 bits per heavy atom. The van der Waals surface area contributed by atoms with Gasteiger partial charge in [-0.05, 0) is 67.8 Å². The first-order chi connectivity index (χ1) is 10.0. The van der Waals surface area contributed by atoms with Gasteiger partial charge in [0.25, 0.3) is 0 Å². The predicted octanol–water partition coefficient (Wildman–Crippen LogP) is 4.50. The Kier molecular flexibility index (Phi) is 5.25. The van der Waals surface area contributed by atoms with Crippen molar-refractivity contribution in [2.75, 3.05) is 7.11 Å². The minimum atomic E-state index is -0.987. The summed E-state index contributed by atoms with van der Waals surface area (Å²) in [6.07, 6.45) is 0. The van der Waals surface area contributed by atoms with Crippen LogP contribution in [0.4, 0.5) is 0 Å². The topological polar surface area (TPSA) is 55.8 Å². The van der Waals surface area contributed by atoms with Crippen LogP contribution in [0.2, 0.25) is 0 Å². The van der Waals surface area contributed by atoms with Gasteiger partial charge in [-0.1, -0.05) is 6.07 Å². The average molecular weight is 416 g/mol. The molecule has 0 spiro atoms. The van der Waals surface area contributed by atoms with Gasteiger partial charge in [-0.2, -0.15) is 0 Å². The van der Waals surface area contributed by atoms with E-state index >= 15 is 0 Å². The molecule has 110 valence electrons. The van der Waals surface area contributed by atoms with E-state index in [0.29, 0.717) is 16.8 Å². The van der Waals surface area contributed by atoms with Gasteiger partial charge in [0, 0.05) is 0 Å². The Bertz CT molecular complexity index is 671. The number of rotatable bonds is 5. The Hall–Kier alpha value is -1.53. The highest BCUT2D eigenvalue weighted by Crippen LogP contribution is 2.29. The van der Waals surface area contributed by atoms with Crippen LogP contribution < -0.4 is 9.47 Å². The Morgan fingerprint density at radius 2 is 1.86 bits per heavy atom. The van der Waals surface area contributed by atoms with E-state index < -0.39 is 5.97 Å². The largest absolute Gasteiger partial charge is 0.496 e. The zero-order valence-corrected chi connectivity index (χ0v) is 14.3. The second-order valence-electron chi connectivity index (χ2n) is 4.21. The summed E-state index contributed by atoms with van der Waals surface area (Å²) in [5.74, 6) is 0.245.